The maximum absolute atomic E-state index is 12.8. The first-order valence-electron chi connectivity index (χ1n) is 6.38. The molecule has 1 aromatic heterocycles. The second-order valence-corrected chi connectivity index (χ2v) is 5.66. The molecule has 0 aliphatic heterocycles. The zero-order chi connectivity index (χ0) is 14.5. The van der Waals surface area contributed by atoms with Crippen LogP contribution in [0.2, 0.25) is 0 Å². The number of thiophene rings is 1. The van der Waals surface area contributed by atoms with E-state index < -0.39 is 6.03 Å². The molecule has 0 spiro atoms. The van der Waals surface area contributed by atoms with E-state index in [1.54, 1.807) is 28.4 Å². The molecule has 1 heterocycles. The summed E-state index contributed by atoms with van der Waals surface area (Å²) in [5.74, 6) is -0.255. The summed E-state index contributed by atoms with van der Waals surface area (Å²) in [6.07, 6.45) is 0.660. The number of amides is 2. The van der Waals surface area contributed by atoms with E-state index >= 15 is 0 Å². The van der Waals surface area contributed by atoms with Crippen molar-refractivity contribution in [3.05, 3.63) is 57.5 Å². The highest BCUT2D eigenvalue weighted by Gasteiger charge is 2.12. The highest BCUT2D eigenvalue weighted by molar-refractivity contribution is 7.10. The average molecular weight is 329 g/mol. The minimum absolute atomic E-state index is 0. The van der Waals surface area contributed by atoms with Gasteiger partial charge < -0.3 is 10.6 Å². The summed E-state index contributed by atoms with van der Waals surface area (Å²) in [6.45, 7) is 3.07. The fraction of sp³-hybridized carbons (Fsp3) is 0.267. The summed E-state index contributed by atoms with van der Waals surface area (Å²) in [5.41, 5.74) is 7.58. The van der Waals surface area contributed by atoms with Crippen LogP contribution in [0.25, 0.3) is 0 Å². The van der Waals surface area contributed by atoms with Crippen LogP contribution in [0.1, 0.15) is 16.0 Å². The molecule has 0 atom stereocenters. The Morgan fingerprint density at radius 1 is 1.29 bits per heavy atom. The lowest BCUT2D eigenvalue weighted by Gasteiger charge is -2.20. The number of benzene rings is 1. The number of hydrogen-bond donors (Lipinski definition) is 1. The van der Waals surface area contributed by atoms with Crippen LogP contribution in [0.5, 0.6) is 0 Å². The average Bonchev–Trinajstić information content (AvgIpc) is 2.81. The molecule has 21 heavy (non-hydrogen) atoms. The number of hydrogen-bond acceptors (Lipinski definition) is 2. The molecule has 114 valence electrons. The molecule has 2 N–H and O–H groups in total. The van der Waals surface area contributed by atoms with Crippen LogP contribution in [0.4, 0.5) is 9.18 Å². The van der Waals surface area contributed by atoms with Gasteiger partial charge in [-0.25, -0.2) is 9.18 Å². The number of primary amides is 1. The third kappa shape index (κ3) is 5.02. The standard InChI is InChI=1S/C15H17FN2OS.ClH/c1-11-7-9-20-14(11)10-18(15(17)19)8-6-12-2-4-13(16)5-3-12;/h2-5,7,9H,6,8,10H2,1H3,(H2,17,19);1H. The number of carbonyl (C=O) groups excluding carboxylic acids is 1. The van der Waals surface area contributed by atoms with Crippen LogP contribution in [-0.4, -0.2) is 17.5 Å². The molecule has 2 amide bonds. The third-order valence-electron chi connectivity index (χ3n) is 3.20. The van der Waals surface area contributed by atoms with Gasteiger partial charge in [0.2, 0.25) is 0 Å². The zero-order valence-corrected chi connectivity index (χ0v) is 13.3. The van der Waals surface area contributed by atoms with Crippen molar-refractivity contribution in [3.8, 4) is 0 Å². The monoisotopic (exact) mass is 328 g/mol. The van der Waals surface area contributed by atoms with E-state index in [4.69, 9.17) is 5.73 Å². The van der Waals surface area contributed by atoms with Gasteiger partial charge in [-0.3, -0.25) is 0 Å². The van der Waals surface area contributed by atoms with Gasteiger partial charge in [-0.05, 0) is 48.1 Å². The molecular weight excluding hydrogens is 311 g/mol. The molecule has 0 unspecified atom stereocenters. The molecule has 0 aliphatic carbocycles. The first-order valence-corrected chi connectivity index (χ1v) is 7.26. The van der Waals surface area contributed by atoms with Crippen LogP contribution >= 0.6 is 23.7 Å². The Hall–Kier alpha value is -1.59. The van der Waals surface area contributed by atoms with Crippen molar-refractivity contribution in [2.45, 2.75) is 19.9 Å². The molecule has 0 saturated heterocycles. The highest BCUT2D eigenvalue weighted by atomic mass is 35.5. The van der Waals surface area contributed by atoms with Crippen molar-refractivity contribution in [1.82, 2.24) is 4.90 Å². The lowest BCUT2D eigenvalue weighted by molar-refractivity contribution is 0.206. The van der Waals surface area contributed by atoms with Gasteiger partial charge in [0.05, 0.1) is 6.54 Å². The second kappa shape index (κ2) is 8.00. The maximum Gasteiger partial charge on any atom is 0.315 e. The van der Waals surface area contributed by atoms with Gasteiger partial charge in [-0.1, -0.05) is 12.1 Å². The van der Waals surface area contributed by atoms with Gasteiger partial charge >= 0.3 is 6.03 Å². The van der Waals surface area contributed by atoms with Gasteiger partial charge in [0.1, 0.15) is 5.82 Å². The Morgan fingerprint density at radius 2 is 1.95 bits per heavy atom. The molecule has 2 aromatic rings. The first-order chi connectivity index (χ1) is 9.56. The summed E-state index contributed by atoms with van der Waals surface area (Å²) in [6, 6.07) is 7.90. The number of urea groups is 1. The minimum atomic E-state index is -0.431. The van der Waals surface area contributed by atoms with Crippen molar-refractivity contribution in [2.24, 2.45) is 5.73 Å². The molecule has 6 heteroatoms. The van der Waals surface area contributed by atoms with Gasteiger partial charge in [-0.2, -0.15) is 0 Å². The van der Waals surface area contributed by atoms with Gasteiger partial charge in [0, 0.05) is 11.4 Å². The Kier molecular flexibility index (Phi) is 6.65. The quantitative estimate of drug-likeness (QED) is 0.893. The van der Waals surface area contributed by atoms with Crippen LogP contribution in [0.3, 0.4) is 0 Å². The number of carbonyl (C=O) groups is 1. The Labute approximate surface area is 134 Å². The predicted molar refractivity (Wildman–Crippen MR) is 86.4 cm³/mol. The van der Waals surface area contributed by atoms with Crippen LogP contribution in [-0.2, 0) is 13.0 Å². The second-order valence-electron chi connectivity index (χ2n) is 4.66. The largest absolute Gasteiger partial charge is 0.351 e. The third-order valence-corrected chi connectivity index (χ3v) is 4.21. The van der Waals surface area contributed by atoms with E-state index in [2.05, 4.69) is 0 Å². The fourth-order valence-electron chi connectivity index (χ4n) is 1.92. The summed E-state index contributed by atoms with van der Waals surface area (Å²) in [4.78, 5) is 14.3. The number of halogens is 2. The van der Waals surface area contributed by atoms with Crippen molar-refractivity contribution in [2.75, 3.05) is 6.54 Å². The summed E-state index contributed by atoms with van der Waals surface area (Å²) < 4.78 is 12.8. The Balaban J connectivity index is 0.00000220. The molecule has 1 aromatic carbocycles. The maximum atomic E-state index is 12.8. The van der Waals surface area contributed by atoms with E-state index in [9.17, 15) is 9.18 Å². The fourth-order valence-corrected chi connectivity index (χ4v) is 2.84. The lowest BCUT2D eigenvalue weighted by atomic mass is 10.1. The van der Waals surface area contributed by atoms with E-state index in [1.807, 2.05) is 18.4 Å². The predicted octanol–water partition coefficient (Wildman–Crippen LogP) is 3.74. The van der Waals surface area contributed by atoms with E-state index in [0.717, 1.165) is 10.4 Å². The number of rotatable bonds is 5. The summed E-state index contributed by atoms with van der Waals surface area (Å²) in [5, 5.41) is 2.00. The van der Waals surface area contributed by atoms with Gasteiger partial charge in [0.15, 0.2) is 0 Å². The molecule has 0 radical (unpaired) electrons. The smallest absolute Gasteiger partial charge is 0.315 e. The number of aryl methyl sites for hydroxylation is 1. The molecule has 2 rings (SSSR count). The number of nitrogens with two attached hydrogens (primary N) is 1. The van der Waals surface area contributed by atoms with Gasteiger partial charge in [0.25, 0.3) is 0 Å². The lowest BCUT2D eigenvalue weighted by Crippen LogP contribution is -2.36. The normalized spacial score (nSPS) is 10.0. The molecular formula is C15H18ClFN2OS. The van der Waals surface area contributed by atoms with Crippen molar-refractivity contribution >= 4 is 29.8 Å². The Morgan fingerprint density at radius 3 is 2.48 bits per heavy atom. The zero-order valence-electron chi connectivity index (χ0n) is 11.7. The summed E-state index contributed by atoms with van der Waals surface area (Å²) in [7, 11) is 0. The Bertz CT molecular complexity index is 586. The minimum Gasteiger partial charge on any atom is -0.351 e. The van der Waals surface area contributed by atoms with E-state index in [-0.39, 0.29) is 18.2 Å². The number of nitrogens with zero attached hydrogens (tertiary/aromatic N) is 1. The molecule has 0 bridgehead atoms. The van der Waals surface area contributed by atoms with Crippen molar-refractivity contribution in [3.63, 3.8) is 0 Å². The van der Waals surface area contributed by atoms with Crippen LogP contribution in [0.15, 0.2) is 35.7 Å². The van der Waals surface area contributed by atoms with Crippen molar-refractivity contribution in [1.29, 1.82) is 0 Å². The molecule has 0 aliphatic rings. The summed E-state index contributed by atoms with van der Waals surface area (Å²) >= 11 is 1.62. The van der Waals surface area contributed by atoms with Crippen LogP contribution < -0.4 is 5.73 Å². The SMILES string of the molecule is Cc1ccsc1CN(CCc1ccc(F)cc1)C(N)=O.Cl. The first kappa shape index (κ1) is 17.5. The highest BCUT2D eigenvalue weighted by Crippen LogP contribution is 2.18. The molecule has 0 saturated carbocycles. The van der Waals surface area contributed by atoms with Crippen LogP contribution in [0, 0.1) is 12.7 Å². The van der Waals surface area contributed by atoms with Crippen molar-refractivity contribution < 1.29 is 9.18 Å². The van der Waals surface area contributed by atoms with Gasteiger partial charge in [-0.15, -0.1) is 23.7 Å². The molecule has 3 nitrogen and oxygen atoms in total. The van der Waals surface area contributed by atoms with E-state index in [1.165, 1.54) is 17.7 Å². The topological polar surface area (TPSA) is 46.3 Å². The van der Waals surface area contributed by atoms with E-state index in [0.29, 0.717) is 19.5 Å². The molecule has 0 fully saturated rings.